The summed E-state index contributed by atoms with van der Waals surface area (Å²) in [6.45, 7) is 0. The Labute approximate surface area is 267 Å². The van der Waals surface area contributed by atoms with E-state index in [-0.39, 0.29) is 0 Å². The quantitative estimate of drug-likeness (QED) is 0.201. The maximum Gasteiger partial charge on any atom is 0.238 e. The van der Waals surface area contributed by atoms with Crippen LogP contribution in [0.5, 0.6) is 0 Å². The first-order chi connectivity index (χ1) is 22.8. The molecule has 0 saturated carbocycles. The predicted molar refractivity (Wildman–Crippen MR) is 193 cm³/mol. The van der Waals surface area contributed by atoms with Crippen LogP contribution in [0.3, 0.4) is 0 Å². The average molecular weight is 605 g/mol. The summed E-state index contributed by atoms with van der Waals surface area (Å²) in [6.07, 6.45) is 0. The second-order valence-electron chi connectivity index (χ2n) is 11.7. The van der Waals surface area contributed by atoms with Crippen molar-refractivity contribution in [2.45, 2.75) is 0 Å². The van der Waals surface area contributed by atoms with E-state index in [1.165, 1.54) is 47.1 Å². The van der Waals surface area contributed by atoms with E-state index in [9.17, 15) is 0 Å². The van der Waals surface area contributed by atoms with Crippen LogP contribution in [-0.2, 0) is 0 Å². The first-order valence-corrected chi connectivity index (χ1v) is 16.2. The fourth-order valence-corrected chi connectivity index (χ4v) is 8.11. The molecule has 0 spiro atoms. The number of hydrogen-bond acceptors (Lipinski definition) is 4. The zero-order chi connectivity index (χ0) is 30.2. The van der Waals surface area contributed by atoms with Crippen molar-refractivity contribution in [3.8, 4) is 28.7 Å². The van der Waals surface area contributed by atoms with E-state index >= 15 is 0 Å². The van der Waals surface area contributed by atoms with Gasteiger partial charge in [-0.1, -0.05) is 121 Å². The molecular weight excluding hydrogens is 581 g/mol. The Balaban J connectivity index is 1.36. The molecule has 0 radical (unpaired) electrons. The lowest BCUT2D eigenvalue weighted by atomic mass is 10.0. The Bertz CT molecular complexity index is 2810. The molecule has 0 fully saturated rings. The molecule has 0 bridgehead atoms. The topological polar surface area (TPSA) is 43.6 Å². The van der Waals surface area contributed by atoms with Crippen LogP contribution >= 0.6 is 11.3 Å². The van der Waals surface area contributed by atoms with E-state index in [1.54, 1.807) is 11.3 Å². The van der Waals surface area contributed by atoms with Gasteiger partial charge in [0.1, 0.15) is 0 Å². The summed E-state index contributed by atoms with van der Waals surface area (Å²) in [7, 11) is 0. The van der Waals surface area contributed by atoms with Crippen LogP contribution in [-0.4, -0.2) is 19.5 Å². The van der Waals surface area contributed by atoms with Gasteiger partial charge in [0.05, 0.1) is 11.0 Å². The van der Waals surface area contributed by atoms with Crippen LogP contribution < -0.4 is 0 Å². The van der Waals surface area contributed by atoms with Crippen molar-refractivity contribution in [2.24, 2.45) is 0 Å². The summed E-state index contributed by atoms with van der Waals surface area (Å²) in [5.74, 6) is 1.92. The summed E-state index contributed by atoms with van der Waals surface area (Å²) >= 11 is 1.79. The molecule has 10 aromatic rings. The maximum absolute atomic E-state index is 5.33. The van der Waals surface area contributed by atoms with Crippen LogP contribution in [0.2, 0.25) is 0 Å². The van der Waals surface area contributed by atoms with E-state index in [2.05, 4.69) is 132 Å². The third kappa shape index (κ3) is 3.76. The Kier molecular flexibility index (Phi) is 5.41. The zero-order valence-corrected chi connectivity index (χ0v) is 25.4. The van der Waals surface area contributed by atoms with Gasteiger partial charge < -0.3 is 0 Å². The number of rotatable bonds is 3. The Hall–Kier alpha value is -5.91. The highest BCUT2D eigenvalue weighted by Gasteiger charge is 2.21. The summed E-state index contributed by atoms with van der Waals surface area (Å²) in [5, 5.41) is 9.55. The van der Waals surface area contributed by atoms with Crippen LogP contribution in [0.1, 0.15) is 0 Å². The molecular formula is C41H24N4S. The van der Waals surface area contributed by atoms with Crippen molar-refractivity contribution in [3.05, 3.63) is 146 Å². The Morgan fingerprint density at radius 1 is 0.457 bits per heavy atom. The zero-order valence-electron chi connectivity index (χ0n) is 24.6. The highest BCUT2D eigenvalue weighted by molar-refractivity contribution is 7.26. The van der Waals surface area contributed by atoms with Gasteiger partial charge in [-0.2, -0.15) is 9.97 Å². The molecule has 5 heteroatoms. The van der Waals surface area contributed by atoms with Crippen LogP contribution in [0.4, 0.5) is 0 Å². The van der Waals surface area contributed by atoms with Crippen molar-refractivity contribution in [2.75, 3.05) is 0 Å². The van der Waals surface area contributed by atoms with Crippen molar-refractivity contribution in [1.29, 1.82) is 0 Å². The lowest BCUT2D eigenvalue weighted by Crippen LogP contribution is -2.06. The summed E-state index contributed by atoms with van der Waals surface area (Å²) in [4.78, 5) is 15.7. The van der Waals surface area contributed by atoms with Gasteiger partial charge in [0.25, 0.3) is 0 Å². The van der Waals surface area contributed by atoms with Crippen LogP contribution in [0.25, 0.3) is 92.2 Å². The number of hydrogen-bond donors (Lipinski definition) is 0. The molecule has 0 atom stereocenters. The second-order valence-corrected chi connectivity index (χ2v) is 12.7. The first-order valence-electron chi connectivity index (χ1n) is 15.4. The van der Waals surface area contributed by atoms with Crippen LogP contribution in [0, 0.1) is 0 Å². The maximum atomic E-state index is 5.33. The molecule has 0 amide bonds. The fourth-order valence-electron chi connectivity index (χ4n) is 6.90. The molecule has 4 nitrogen and oxygen atoms in total. The molecule has 0 N–H and O–H groups in total. The number of nitrogens with zero attached hydrogens (tertiary/aromatic N) is 4. The normalized spacial score (nSPS) is 11.9. The minimum atomic E-state index is 0.605. The predicted octanol–water partition coefficient (Wildman–Crippen LogP) is 11.0. The number of fused-ring (bicyclic) bond motifs is 9. The van der Waals surface area contributed by atoms with Crippen molar-refractivity contribution >= 4 is 74.9 Å². The van der Waals surface area contributed by atoms with Crippen LogP contribution in [0.15, 0.2) is 146 Å². The van der Waals surface area contributed by atoms with Gasteiger partial charge in [0.2, 0.25) is 5.95 Å². The molecule has 3 heterocycles. The molecule has 3 aromatic heterocycles. The highest BCUT2D eigenvalue weighted by atomic mass is 32.1. The fraction of sp³-hybridized carbons (Fsp3) is 0. The van der Waals surface area contributed by atoms with E-state index < -0.39 is 0 Å². The Morgan fingerprint density at radius 3 is 2.02 bits per heavy atom. The van der Waals surface area contributed by atoms with Gasteiger partial charge in [-0.3, -0.25) is 4.57 Å². The van der Waals surface area contributed by atoms with Crippen molar-refractivity contribution in [1.82, 2.24) is 19.5 Å². The molecule has 0 unspecified atom stereocenters. The summed E-state index contributed by atoms with van der Waals surface area (Å²) in [6, 6.07) is 51.4. The number of aromatic nitrogens is 4. The standard InChI is InChI=1S/C41H24N4S/c1-2-12-26(13-3-1)39-42-40(33-19-10-18-32-30-17-8-9-20-36(30)46-38(32)33)44-41(43-39)45-35-24-28-15-5-4-14-27(28)23-34(35)31-22-21-25-11-6-7-16-29(25)37(31)45/h1-24H. The van der Waals surface area contributed by atoms with E-state index in [0.717, 1.165) is 27.5 Å². The van der Waals surface area contributed by atoms with Gasteiger partial charge in [-0.25, -0.2) is 4.98 Å². The summed E-state index contributed by atoms with van der Waals surface area (Å²) < 4.78 is 4.68. The molecule has 0 saturated heterocycles. The van der Waals surface area contributed by atoms with Gasteiger partial charge in [0, 0.05) is 47.5 Å². The molecule has 214 valence electrons. The third-order valence-corrected chi connectivity index (χ3v) is 10.2. The van der Waals surface area contributed by atoms with Gasteiger partial charge in [0.15, 0.2) is 11.6 Å². The van der Waals surface area contributed by atoms with E-state index in [4.69, 9.17) is 15.0 Å². The smallest absolute Gasteiger partial charge is 0.238 e. The molecule has 0 aliphatic rings. The molecule has 0 aliphatic carbocycles. The monoisotopic (exact) mass is 604 g/mol. The van der Waals surface area contributed by atoms with Gasteiger partial charge in [-0.15, -0.1) is 11.3 Å². The molecule has 46 heavy (non-hydrogen) atoms. The lowest BCUT2D eigenvalue weighted by Gasteiger charge is -2.12. The Morgan fingerprint density at radius 2 is 1.15 bits per heavy atom. The van der Waals surface area contributed by atoms with Crippen molar-refractivity contribution in [3.63, 3.8) is 0 Å². The van der Waals surface area contributed by atoms with E-state index in [1.807, 2.05) is 18.2 Å². The number of thiophene rings is 1. The molecule has 7 aromatic carbocycles. The minimum absolute atomic E-state index is 0.605. The van der Waals surface area contributed by atoms with Gasteiger partial charge >= 0.3 is 0 Å². The minimum Gasteiger partial charge on any atom is -0.277 e. The van der Waals surface area contributed by atoms with Crippen molar-refractivity contribution < 1.29 is 0 Å². The second kappa shape index (κ2) is 9.80. The average Bonchev–Trinajstić information content (AvgIpc) is 3.66. The molecule has 10 rings (SSSR count). The highest BCUT2D eigenvalue weighted by Crippen LogP contribution is 2.41. The SMILES string of the molecule is c1ccc(-c2nc(-c3cccc4c3sc3ccccc34)nc(-n3c4cc5ccccc5cc4c4ccc5ccccc5c43)n2)cc1. The third-order valence-electron chi connectivity index (χ3n) is 9.02. The lowest BCUT2D eigenvalue weighted by molar-refractivity contribution is 0.956. The summed E-state index contributed by atoms with van der Waals surface area (Å²) in [5.41, 5.74) is 4.13. The number of benzene rings is 7. The first kappa shape index (κ1) is 25.4. The van der Waals surface area contributed by atoms with E-state index in [0.29, 0.717) is 17.6 Å². The van der Waals surface area contributed by atoms with Gasteiger partial charge in [-0.05, 0) is 40.4 Å². The largest absolute Gasteiger partial charge is 0.277 e. The molecule has 0 aliphatic heterocycles.